The molecule has 1 rings (SSSR count). The predicted molar refractivity (Wildman–Crippen MR) is 77.3 cm³/mol. The smallest absolute Gasteiger partial charge is 0.223 e. The average Bonchev–Trinajstić information content (AvgIpc) is 2.36. The van der Waals surface area contributed by atoms with E-state index in [0.717, 1.165) is 5.69 Å². The Kier molecular flexibility index (Phi) is 5.30. The number of nitrogens with zero attached hydrogens (tertiary/aromatic N) is 2. The normalized spacial score (nSPS) is 10.5. The van der Waals surface area contributed by atoms with Gasteiger partial charge in [0, 0.05) is 51.1 Å². The predicted octanol–water partition coefficient (Wildman–Crippen LogP) is 2.32. The van der Waals surface area contributed by atoms with Gasteiger partial charge in [-0.25, -0.2) is 0 Å². The van der Waals surface area contributed by atoms with E-state index in [2.05, 4.69) is 0 Å². The zero-order chi connectivity index (χ0) is 14.4. The van der Waals surface area contributed by atoms with Crippen LogP contribution in [0.15, 0.2) is 36.5 Å². The summed E-state index contributed by atoms with van der Waals surface area (Å²) in [7, 11) is 3.71. The zero-order valence-corrected chi connectivity index (χ0v) is 11.9. The molecule has 4 heteroatoms. The molecule has 0 saturated heterocycles. The fourth-order valence-corrected chi connectivity index (χ4v) is 1.73. The molecule has 0 aliphatic carbocycles. The van der Waals surface area contributed by atoms with Crippen LogP contribution in [0.2, 0.25) is 0 Å². The number of carbonyl (C=O) groups excluding carboxylic acids is 2. The lowest BCUT2D eigenvalue weighted by Gasteiger charge is -2.19. The fraction of sp³-hybridized carbons (Fsp3) is 0.333. The number of hydrogen-bond donors (Lipinski definition) is 0. The van der Waals surface area contributed by atoms with E-state index in [0.29, 0.717) is 12.1 Å². The van der Waals surface area contributed by atoms with E-state index in [9.17, 15) is 9.59 Å². The van der Waals surface area contributed by atoms with Crippen LogP contribution in [0, 0.1) is 0 Å². The Morgan fingerprint density at radius 2 is 1.95 bits per heavy atom. The molecule has 4 nitrogen and oxygen atoms in total. The molecule has 0 radical (unpaired) electrons. The van der Waals surface area contributed by atoms with Crippen molar-refractivity contribution < 1.29 is 9.59 Å². The third kappa shape index (κ3) is 4.25. The summed E-state index contributed by atoms with van der Waals surface area (Å²) in [6.07, 6.45) is 3.22. The fourth-order valence-electron chi connectivity index (χ4n) is 1.73. The molecule has 19 heavy (non-hydrogen) atoms. The number of hydrogen-bond acceptors (Lipinski definition) is 3. The van der Waals surface area contributed by atoms with Crippen molar-refractivity contribution in [3.05, 3.63) is 42.1 Å². The van der Waals surface area contributed by atoms with Crippen molar-refractivity contribution in [2.24, 2.45) is 0 Å². The Morgan fingerprint density at radius 3 is 2.47 bits per heavy atom. The van der Waals surface area contributed by atoms with Gasteiger partial charge in [-0.1, -0.05) is 12.1 Å². The van der Waals surface area contributed by atoms with Crippen LogP contribution in [-0.2, 0) is 4.79 Å². The van der Waals surface area contributed by atoms with Crippen molar-refractivity contribution in [3.8, 4) is 0 Å². The van der Waals surface area contributed by atoms with E-state index in [1.54, 1.807) is 34.2 Å². The summed E-state index contributed by atoms with van der Waals surface area (Å²) >= 11 is 0. The van der Waals surface area contributed by atoms with Gasteiger partial charge in [-0.2, -0.15) is 0 Å². The molecule has 0 aromatic heterocycles. The number of anilines is 1. The van der Waals surface area contributed by atoms with Crippen LogP contribution in [-0.4, -0.2) is 37.2 Å². The van der Waals surface area contributed by atoms with Crippen LogP contribution in [0.5, 0.6) is 0 Å². The molecule has 0 bridgehead atoms. The maximum Gasteiger partial charge on any atom is 0.223 e. The van der Waals surface area contributed by atoms with E-state index in [1.807, 2.05) is 27.1 Å². The van der Waals surface area contributed by atoms with Crippen molar-refractivity contribution in [3.63, 3.8) is 0 Å². The van der Waals surface area contributed by atoms with Gasteiger partial charge in [0.2, 0.25) is 5.91 Å². The lowest BCUT2D eigenvalue weighted by atomic mass is 10.1. The quantitative estimate of drug-likeness (QED) is 0.602. The van der Waals surface area contributed by atoms with Crippen LogP contribution in [0.4, 0.5) is 5.69 Å². The van der Waals surface area contributed by atoms with E-state index in [-0.39, 0.29) is 11.7 Å². The Labute approximate surface area is 114 Å². The molecule has 0 heterocycles. The topological polar surface area (TPSA) is 40.6 Å². The minimum atomic E-state index is -0.0739. The maximum atomic E-state index is 12.0. The third-order valence-corrected chi connectivity index (χ3v) is 2.66. The molecule has 0 saturated carbocycles. The van der Waals surface area contributed by atoms with Gasteiger partial charge in [-0.3, -0.25) is 9.59 Å². The number of carbonyl (C=O) groups is 2. The van der Waals surface area contributed by atoms with Crippen LogP contribution in [0.3, 0.4) is 0 Å². The van der Waals surface area contributed by atoms with Crippen LogP contribution in [0.1, 0.15) is 24.2 Å². The van der Waals surface area contributed by atoms with Crippen molar-refractivity contribution in [2.45, 2.75) is 13.8 Å². The van der Waals surface area contributed by atoms with Gasteiger partial charge in [-0.15, -0.1) is 0 Å². The number of allylic oxidation sites excluding steroid dienone is 1. The SMILES string of the molecule is CCN(C(C)=O)c1cccc(C(=O)/C=C\N(C)C)c1. The molecule has 0 N–H and O–H groups in total. The number of ketones is 1. The molecule has 0 aliphatic rings. The first-order chi connectivity index (χ1) is 8.95. The lowest BCUT2D eigenvalue weighted by molar-refractivity contribution is -0.116. The van der Waals surface area contributed by atoms with Crippen molar-refractivity contribution in [1.29, 1.82) is 0 Å². The van der Waals surface area contributed by atoms with Crippen LogP contribution < -0.4 is 4.90 Å². The second-order valence-corrected chi connectivity index (χ2v) is 4.46. The highest BCUT2D eigenvalue weighted by Crippen LogP contribution is 2.17. The van der Waals surface area contributed by atoms with E-state index >= 15 is 0 Å². The molecular weight excluding hydrogens is 240 g/mol. The summed E-state index contributed by atoms with van der Waals surface area (Å²) in [5, 5.41) is 0. The number of rotatable bonds is 5. The minimum Gasteiger partial charge on any atom is -0.383 e. The summed E-state index contributed by atoms with van der Waals surface area (Å²) in [6.45, 7) is 4.01. The second kappa shape index (κ2) is 6.73. The van der Waals surface area contributed by atoms with Gasteiger partial charge in [0.05, 0.1) is 0 Å². The molecule has 1 amide bonds. The van der Waals surface area contributed by atoms with Crippen LogP contribution in [0.25, 0.3) is 0 Å². The molecule has 0 fully saturated rings. The summed E-state index contributed by atoms with van der Waals surface area (Å²) in [5.41, 5.74) is 1.33. The molecular formula is C15H20N2O2. The maximum absolute atomic E-state index is 12.0. The zero-order valence-electron chi connectivity index (χ0n) is 11.9. The van der Waals surface area contributed by atoms with Gasteiger partial charge < -0.3 is 9.80 Å². The third-order valence-electron chi connectivity index (χ3n) is 2.66. The molecule has 0 spiro atoms. The summed E-state index contributed by atoms with van der Waals surface area (Å²) in [5.74, 6) is -0.105. The first-order valence-electron chi connectivity index (χ1n) is 6.22. The standard InChI is InChI=1S/C15H20N2O2/c1-5-17(12(2)18)14-8-6-7-13(11-14)15(19)9-10-16(3)4/h6-11H,5H2,1-4H3/b10-9-. The molecule has 0 unspecified atom stereocenters. The number of amides is 1. The van der Waals surface area contributed by atoms with Crippen molar-refractivity contribution in [1.82, 2.24) is 4.90 Å². The van der Waals surface area contributed by atoms with E-state index in [4.69, 9.17) is 0 Å². The van der Waals surface area contributed by atoms with E-state index in [1.165, 1.54) is 13.0 Å². The minimum absolute atomic E-state index is 0.0315. The Morgan fingerprint density at radius 1 is 1.26 bits per heavy atom. The molecule has 102 valence electrons. The Hall–Kier alpha value is -2.10. The van der Waals surface area contributed by atoms with Gasteiger partial charge in [0.25, 0.3) is 0 Å². The highest BCUT2D eigenvalue weighted by molar-refractivity contribution is 6.05. The molecule has 1 aromatic rings. The summed E-state index contributed by atoms with van der Waals surface area (Å²) < 4.78 is 0. The summed E-state index contributed by atoms with van der Waals surface area (Å²) in [4.78, 5) is 26.9. The lowest BCUT2D eigenvalue weighted by Crippen LogP contribution is -2.27. The highest BCUT2D eigenvalue weighted by Gasteiger charge is 2.10. The molecule has 0 aliphatic heterocycles. The first kappa shape index (κ1) is 15.0. The van der Waals surface area contributed by atoms with Crippen molar-refractivity contribution >= 4 is 17.4 Å². The second-order valence-electron chi connectivity index (χ2n) is 4.46. The Balaban J connectivity index is 3.00. The largest absolute Gasteiger partial charge is 0.383 e. The van der Waals surface area contributed by atoms with Crippen LogP contribution >= 0.6 is 0 Å². The van der Waals surface area contributed by atoms with E-state index < -0.39 is 0 Å². The average molecular weight is 260 g/mol. The highest BCUT2D eigenvalue weighted by atomic mass is 16.2. The summed E-state index contributed by atoms with van der Waals surface area (Å²) in [6, 6.07) is 7.11. The monoisotopic (exact) mass is 260 g/mol. The Bertz CT molecular complexity index is 493. The number of benzene rings is 1. The van der Waals surface area contributed by atoms with Gasteiger partial charge in [0.15, 0.2) is 5.78 Å². The molecule has 1 aromatic carbocycles. The van der Waals surface area contributed by atoms with Gasteiger partial charge in [-0.05, 0) is 19.1 Å². The van der Waals surface area contributed by atoms with Gasteiger partial charge >= 0.3 is 0 Å². The first-order valence-corrected chi connectivity index (χ1v) is 6.22. The van der Waals surface area contributed by atoms with Gasteiger partial charge in [0.1, 0.15) is 0 Å². The van der Waals surface area contributed by atoms with Crippen molar-refractivity contribution in [2.75, 3.05) is 25.5 Å². The molecule has 0 atom stereocenters.